The van der Waals surface area contributed by atoms with Gasteiger partial charge in [0, 0.05) is 18.7 Å². The van der Waals surface area contributed by atoms with Crippen LogP contribution in [0.15, 0.2) is 30.3 Å². The third-order valence-corrected chi connectivity index (χ3v) is 4.53. The van der Waals surface area contributed by atoms with E-state index in [0.29, 0.717) is 13.2 Å². The molecule has 2 aromatic rings. The molecule has 0 saturated carbocycles. The normalized spacial score (nSPS) is 11.4. The highest BCUT2D eigenvalue weighted by molar-refractivity contribution is 6.60. The molecule has 0 fully saturated rings. The minimum Gasteiger partial charge on any atom is -0.393 e. The molecule has 2 rings (SSSR count). The highest BCUT2D eigenvalue weighted by Crippen LogP contribution is 2.10. The summed E-state index contributed by atoms with van der Waals surface area (Å²) in [7, 11) is -1.72. The lowest BCUT2D eigenvalue weighted by Gasteiger charge is -2.12. The second-order valence-electron chi connectivity index (χ2n) is 3.55. The third kappa shape index (κ3) is 2.35. The molecule has 0 unspecified atom stereocenters. The Bertz CT molecular complexity index is 416. The van der Waals surface area contributed by atoms with Gasteiger partial charge in [0.15, 0.2) is 0 Å². The lowest BCUT2D eigenvalue weighted by molar-refractivity contribution is 0.225. The lowest BCUT2D eigenvalue weighted by Crippen LogP contribution is -2.37. The Kier molecular flexibility index (Phi) is 3.77. The van der Waals surface area contributed by atoms with Crippen LogP contribution in [0.3, 0.4) is 0 Å². The number of fused-ring (bicyclic) bond motifs is 1. The predicted molar refractivity (Wildman–Crippen MR) is 68.3 cm³/mol. The van der Waals surface area contributed by atoms with E-state index in [0.717, 1.165) is 10.8 Å². The first-order valence-corrected chi connectivity index (χ1v) is 7.18. The smallest absolute Gasteiger partial charge is 0.372 e. The van der Waals surface area contributed by atoms with Crippen LogP contribution in [-0.2, 0) is 8.85 Å². The summed E-state index contributed by atoms with van der Waals surface area (Å²) in [6.07, 6.45) is 0. The van der Waals surface area contributed by atoms with Crippen LogP contribution in [0.2, 0.25) is 0 Å². The topological polar surface area (TPSA) is 34.2 Å². The van der Waals surface area contributed by atoms with Crippen LogP contribution in [-0.4, -0.2) is 27.5 Å². The fourth-order valence-corrected chi connectivity index (χ4v) is 3.40. The van der Waals surface area contributed by atoms with Gasteiger partial charge in [0.05, 0.1) is 5.32 Å². The van der Waals surface area contributed by atoms with Gasteiger partial charge in [-0.1, -0.05) is 18.2 Å². The summed E-state index contributed by atoms with van der Waals surface area (Å²) in [6.45, 7) is 5.40. The van der Waals surface area contributed by atoms with Crippen molar-refractivity contribution in [3.05, 3.63) is 30.3 Å². The van der Waals surface area contributed by atoms with Crippen LogP contribution in [0.4, 0.5) is 0 Å². The summed E-state index contributed by atoms with van der Waals surface area (Å²) >= 11 is 0. The Morgan fingerprint density at radius 2 is 1.81 bits per heavy atom. The van der Waals surface area contributed by atoms with Crippen molar-refractivity contribution in [3.8, 4) is 0 Å². The monoisotopic (exact) mass is 235 g/mol. The Balaban J connectivity index is 2.29. The van der Waals surface area contributed by atoms with Crippen LogP contribution in [0.1, 0.15) is 13.8 Å². The SMILES string of the molecule is CCO[SiH](OCC)c1cc2ccccc2[nH]1. The highest BCUT2D eigenvalue weighted by Gasteiger charge is 2.17. The first-order valence-electron chi connectivity index (χ1n) is 5.66. The summed E-state index contributed by atoms with van der Waals surface area (Å²) in [4.78, 5) is 3.38. The largest absolute Gasteiger partial charge is 0.393 e. The average molecular weight is 235 g/mol. The van der Waals surface area contributed by atoms with Crippen molar-refractivity contribution in [2.75, 3.05) is 13.2 Å². The number of aromatic nitrogens is 1. The molecule has 1 aromatic heterocycles. The molecule has 0 amide bonds. The van der Waals surface area contributed by atoms with E-state index in [9.17, 15) is 0 Å². The maximum atomic E-state index is 5.68. The molecule has 3 nitrogen and oxygen atoms in total. The van der Waals surface area contributed by atoms with E-state index >= 15 is 0 Å². The molecular weight excluding hydrogens is 218 g/mol. The second kappa shape index (κ2) is 5.29. The zero-order valence-electron chi connectivity index (χ0n) is 9.69. The molecule has 0 atom stereocenters. The quantitative estimate of drug-likeness (QED) is 0.800. The molecule has 0 saturated heterocycles. The Morgan fingerprint density at radius 1 is 1.12 bits per heavy atom. The standard InChI is InChI=1S/C12H17NO2Si/c1-3-14-16(15-4-2)12-9-10-7-5-6-8-11(10)13-12/h5-9,13,16H,3-4H2,1-2H3. The zero-order chi connectivity index (χ0) is 11.4. The summed E-state index contributed by atoms with van der Waals surface area (Å²) in [5, 5.41) is 2.33. The van der Waals surface area contributed by atoms with Gasteiger partial charge in [-0.2, -0.15) is 0 Å². The molecule has 0 bridgehead atoms. The van der Waals surface area contributed by atoms with Gasteiger partial charge >= 0.3 is 9.28 Å². The van der Waals surface area contributed by atoms with Crippen molar-refractivity contribution in [2.24, 2.45) is 0 Å². The number of para-hydroxylation sites is 1. The number of hydrogen-bond acceptors (Lipinski definition) is 2. The van der Waals surface area contributed by atoms with Gasteiger partial charge in [-0.15, -0.1) is 0 Å². The van der Waals surface area contributed by atoms with E-state index in [1.165, 1.54) is 5.39 Å². The second-order valence-corrected chi connectivity index (χ2v) is 5.51. The zero-order valence-corrected chi connectivity index (χ0v) is 10.8. The highest BCUT2D eigenvalue weighted by atomic mass is 28.3. The summed E-state index contributed by atoms with van der Waals surface area (Å²) in [5.41, 5.74) is 1.15. The molecule has 86 valence electrons. The lowest BCUT2D eigenvalue weighted by atomic mass is 10.3. The van der Waals surface area contributed by atoms with E-state index in [1.54, 1.807) is 0 Å². The Hall–Kier alpha value is -1.10. The number of H-pyrrole nitrogens is 1. The fourth-order valence-electron chi connectivity index (χ4n) is 1.75. The molecule has 1 N–H and O–H groups in total. The minimum atomic E-state index is -1.72. The van der Waals surface area contributed by atoms with Gasteiger partial charge in [-0.25, -0.2) is 0 Å². The Morgan fingerprint density at radius 3 is 2.44 bits per heavy atom. The van der Waals surface area contributed by atoms with E-state index in [2.05, 4.69) is 23.2 Å². The van der Waals surface area contributed by atoms with E-state index in [1.807, 2.05) is 26.0 Å². The summed E-state index contributed by atoms with van der Waals surface area (Å²) in [5.74, 6) is 0. The van der Waals surface area contributed by atoms with Crippen molar-refractivity contribution in [2.45, 2.75) is 13.8 Å². The molecule has 16 heavy (non-hydrogen) atoms. The van der Waals surface area contributed by atoms with Gasteiger partial charge in [0.2, 0.25) is 0 Å². The molecule has 1 heterocycles. The van der Waals surface area contributed by atoms with Crippen LogP contribution < -0.4 is 5.32 Å². The number of nitrogens with one attached hydrogen (secondary N) is 1. The van der Waals surface area contributed by atoms with Gasteiger partial charge in [0.25, 0.3) is 0 Å². The molecule has 0 aliphatic rings. The number of rotatable bonds is 5. The first-order chi connectivity index (χ1) is 7.85. The van der Waals surface area contributed by atoms with Crippen molar-refractivity contribution in [1.82, 2.24) is 4.98 Å². The molecule has 4 heteroatoms. The number of aromatic amines is 1. The third-order valence-electron chi connectivity index (χ3n) is 2.44. The fraction of sp³-hybridized carbons (Fsp3) is 0.333. The van der Waals surface area contributed by atoms with Crippen LogP contribution in [0.25, 0.3) is 10.9 Å². The van der Waals surface area contributed by atoms with Crippen molar-refractivity contribution < 1.29 is 8.85 Å². The maximum absolute atomic E-state index is 5.68. The predicted octanol–water partition coefficient (Wildman–Crippen LogP) is 1.67. The van der Waals surface area contributed by atoms with E-state index in [-0.39, 0.29) is 0 Å². The van der Waals surface area contributed by atoms with E-state index < -0.39 is 9.28 Å². The van der Waals surface area contributed by atoms with E-state index in [4.69, 9.17) is 8.85 Å². The van der Waals surface area contributed by atoms with Crippen LogP contribution in [0.5, 0.6) is 0 Å². The molecular formula is C12H17NO2Si. The molecule has 1 aromatic carbocycles. The summed E-state index contributed by atoms with van der Waals surface area (Å²) < 4.78 is 11.4. The molecule has 0 aliphatic carbocycles. The Labute approximate surface area is 97.2 Å². The molecule has 0 radical (unpaired) electrons. The number of hydrogen-bond donors (Lipinski definition) is 1. The van der Waals surface area contributed by atoms with Gasteiger partial charge in [-0.3, -0.25) is 0 Å². The molecule has 0 spiro atoms. The maximum Gasteiger partial charge on any atom is 0.372 e. The van der Waals surface area contributed by atoms with Crippen LogP contribution in [0, 0.1) is 0 Å². The van der Waals surface area contributed by atoms with Gasteiger partial charge in [0.1, 0.15) is 0 Å². The summed E-state index contributed by atoms with van der Waals surface area (Å²) in [6, 6.07) is 10.4. The minimum absolute atomic E-state index is 0.701. The van der Waals surface area contributed by atoms with Crippen LogP contribution >= 0.6 is 0 Å². The number of benzene rings is 1. The molecule has 0 aliphatic heterocycles. The van der Waals surface area contributed by atoms with Gasteiger partial charge < -0.3 is 13.8 Å². The van der Waals surface area contributed by atoms with Crippen molar-refractivity contribution >= 4 is 25.5 Å². The first kappa shape index (κ1) is 11.4. The van der Waals surface area contributed by atoms with Crippen molar-refractivity contribution in [3.63, 3.8) is 0 Å². The van der Waals surface area contributed by atoms with Gasteiger partial charge in [-0.05, 0) is 31.4 Å². The average Bonchev–Trinajstić information content (AvgIpc) is 2.72. The van der Waals surface area contributed by atoms with Crippen molar-refractivity contribution in [1.29, 1.82) is 0 Å².